The maximum absolute atomic E-state index is 11.8. The van der Waals surface area contributed by atoms with Gasteiger partial charge in [0.15, 0.2) is 13.2 Å². The Morgan fingerprint density at radius 2 is 1.74 bits per heavy atom. The summed E-state index contributed by atoms with van der Waals surface area (Å²) in [5, 5.41) is 6.61. The first-order valence-corrected chi connectivity index (χ1v) is 9.62. The molecule has 1 heterocycles. The molecule has 31 heavy (non-hydrogen) atoms. The molecule has 3 aromatic rings. The Bertz CT molecular complexity index is 1010. The molecule has 0 aliphatic rings. The van der Waals surface area contributed by atoms with Gasteiger partial charge in [0.2, 0.25) is 0 Å². The molecule has 8 heteroatoms. The van der Waals surface area contributed by atoms with Crippen LogP contribution in [0.25, 0.3) is 0 Å². The van der Waals surface area contributed by atoms with Gasteiger partial charge >= 0.3 is 0 Å². The van der Waals surface area contributed by atoms with Gasteiger partial charge in [-0.3, -0.25) is 9.59 Å². The summed E-state index contributed by atoms with van der Waals surface area (Å²) in [4.78, 5) is 23.6. The van der Waals surface area contributed by atoms with E-state index in [2.05, 4.69) is 15.8 Å². The van der Waals surface area contributed by atoms with Crippen LogP contribution in [0.5, 0.6) is 11.5 Å². The van der Waals surface area contributed by atoms with Gasteiger partial charge in [0, 0.05) is 0 Å². The average molecular weight is 421 g/mol. The van der Waals surface area contributed by atoms with E-state index in [1.54, 1.807) is 48.7 Å². The Labute approximate surface area is 179 Å². The number of hydrazone groups is 1. The topological polar surface area (TPSA) is 102 Å². The molecule has 1 aromatic heterocycles. The predicted octanol–water partition coefficient (Wildman–Crippen LogP) is 2.81. The van der Waals surface area contributed by atoms with Crippen molar-refractivity contribution < 1.29 is 23.5 Å². The smallest absolute Gasteiger partial charge is 0.277 e. The van der Waals surface area contributed by atoms with Crippen molar-refractivity contribution in [2.45, 2.75) is 13.5 Å². The van der Waals surface area contributed by atoms with Crippen molar-refractivity contribution >= 4 is 18.0 Å². The number of carbonyl (C=O) groups excluding carboxylic acids is 2. The largest absolute Gasteiger partial charge is 0.484 e. The van der Waals surface area contributed by atoms with Gasteiger partial charge in [-0.2, -0.15) is 5.10 Å². The fraction of sp³-hybridized carbons (Fsp3) is 0.174. The molecule has 8 nitrogen and oxygen atoms in total. The minimum absolute atomic E-state index is 0.106. The second-order valence-corrected chi connectivity index (χ2v) is 6.56. The molecule has 2 amide bonds. The summed E-state index contributed by atoms with van der Waals surface area (Å²) in [5.74, 6) is 1.26. The molecule has 3 rings (SSSR count). The Kier molecular flexibility index (Phi) is 7.82. The van der Waals surface area contributed by atoms with Crippen LogP contribution < -0.4 is 20.2 Å². The van der Waals surface area contributed by atoms with Crippen molar-refractivity contribution in [2.75, 3.05) is 13.2 Å². The summed E-state index contributed by atoms with van der Waals surface area (Å²) >= 11 is 0. The van der Waals surface area contributed by atoms with E-state index in [9.17, 15) is 9.59 Å². The highest BCUT2D eigenvalue weighted by Gasteiger charge is 2.05. The molecule has 0 unspecified atom stereocenters. The van der Waals surface area contributed by atoms with E-state index in [1.165, 1.54) is 6.21 Å². The maximum Gasteiger partial charge on any atom is 0.277 e. The summed E-state index contributed by atoms with van der Waals surface area (Å²) in [6.07, 6.45) is 3.05. The molecule has 0 aliphatic heterocycles. The molecule has 2 N–H and O–H groups in total. The van der Waals surface area contributed by atoms with Crippen molar-refractivity contribution in [3.8, 4) is 11.5 Å². The second-order valence-electron chi connectivity index (χ2n) is 6.56. The second kappa shape index (κ2) is 11.2. The van der Waals surface area contributed by atoms with Crippen molar-refractivity contribution in [2.24, 2.45) is 5.10 Å². The minimum Gasteiger partial charge on any atom is -0.484 e. The highest BCUT2D eigenvalue weighted by Crippen LogP contribution is 2.15. The third-order valence-corrected chi connectivity index (χ3v) is 4.15. The quantitative estimate of drug-likeness (QED) is 0.387. The van der Waals surface area contributed by atoms with E-state index < -0.39 is 0 Å². The van der Waals surface area contributed by atoms with Gasteiger partial charge in [0.1, 0.15) is 17.3 Å². The van der Waals surface area contributed by atoms with Gasteiger partial charge < -0.3 is 19.2 Å². The summed E-state index contributed by atoms with van der Waals surface area (Å²) in [7, 11) is 0. The fourth-order valence-electron chi connectivity index (χ4n) is 2.52. The van der Waals surface area contributed by atoms with Crippen LogP contribution in [0.1, 0.15) is 16.9 Å². The number of benzene rings is 2. The fourth-order valence-corrected chi connectivity index (χ4v) is 2.52. The van der Waals surface area contributed by atoms with Crippen LogP contribution >= 0.6 is 0 Å². The van der Waals surface area contributed by atoms with Crippen molar-refractivity contribution in [3.63, 3.8) is 0 Å². The Morgan fingerprint density at radius 3 is 2.48 bits per heavy atom. The first kappa shape index (κ1) is 21.6. The van der Waals surface area contributed by atoms with Gasteiger partial charge in [-0.05, 0) is 60.5 Å². The summed E-state index contributed by atoms with van der Waals surface area (Å²) < 4.78 is 16.1. The molecule has 0 bridgehead atoms. The number of carbonyl (C=O) groups is 2. The highest BCUT2D eigenvalue weighted by atomic mass is 16.5. The number of amides is 2. The van der Waals surface area contributed by atoms with Crippen molar-refractivity contribution in [3.05, 3.63) is 83.8 Å². The standard InChI is InChI=1S/C23H23N3O5/c1-17-5-2-3-7-21(17)31-16-23(28)26-25-13-18-8-10-19(11-9-18)30-15-22(27)24-14-20-6-4-12-29-20/h2-13H,14-16H2,1H3,(H,24,27)(H,26,28)/b25-13+. The molecule has 0 fully saturated rings. The number of rotatable bonds is 10. The molecule has 2 aromatic carbocycles. The van der Waals surface area contributed by atoms with Crippen LogP contribution in [-0.4, -0.2) is 31.2 Å². The zero-order valence-electron chi connectivity index (χ0n) is 17.0. The van der Waals surface area contributed by atoms with Gasteiger partial charge in [-0.15, -0.1) is 0 Å². The average Bonchev–Trinajstić information content (AvgIpc) is 3.30. The molecule has 0 radical (unpaired) electrons. The number of nitrogens with one attached hydrogen (secondary N) is 2. The van der Waals surface area contributed by atoms with Gasteiger partial charge in [-0.1, -0.05) is 18.2 Å². The van der Waals surface area contributed by atoms with Crippen LogP contribution in [0, 0.1) is 6.92 Å². The van der Waals surface area contributed by atoms with Crippen LogP contribution in [-0.2, 0) is 16.1 Å². The lowest BCUT2D eigenvalue weighted by molar-refractivity contribution is -0.123. The van der Waals surface area contributed by atoms with Crippen molar-refractivity contribution in [1.29, 1.82) is 0 Å². The van der Waals surface area contributed by atoms with E-state index in [4.69, 9.17) is 13.9 Å². The molecule has 160 valence electrons. The monoisotopic (exact) mass is 421 g/mol. The zero-order chi connectivity index (χ0) is 21.9. The van der Waals surface area contributed by atoms with Gasteiger partial charge in [0.05, 0.1) is 19.0 Å². The molecule has 0 saturated carbocycles. The van der Waals surface area contributed by atoms with E-state index in [0.717, 1.165) is 11.1 Å². The lowest BCUT2D eigenvalue weighted by Gasteiger charge is -2.07. The lowest BCUT2D eigenvalue weighted by Crippen LogP contribution is -2.28. The van der Waals surface area contributed by atoms with E-state index in [-0.39, 0.29) is 25.0 Å². The Hall–Kier alpha value is -4.07. The predicted molar refractivity (Wildman–Crippen MR) is 115 cm³/mol. The van der Waals surface area contributed by atoms with Crippen LogP contribution in [0.2, 0.25) is 0 Å². The SMILES string of the molecule is Cc1ccccc1OCC(=O)N/N=C/c1ccc(OCC(=O)NCc2ccco2)cc1. The molecular formula is C23H23N3O5. The van der Waals surface area contributed by atoms with Gasteiger partial charge in [-0.25, -0.2) is 5.43 Å². The summed E-state index contributed by atoms with van der Waals surface area (Å²) in [6, 6.07) is 17.9. The van der Waals surface area contributed by atoms with Crippen LogP contribution in [0.15, 0.2) is 76.4 Å². The van der Waals surface area contributed by atoms with E-state index in [1.807, 2.05) is 25.1 Å². The molecule has 0 spiro atoms. The summed E-state index contributed by atoms with van der Waals surface area (Å²) in [5.41, 5.74) is 4.13. The third kappa shape index (κ3) is 7.36. The molecular weight excluding hydrogens is 398 g/mol. The first-order valence-electron chi connectivity index (χ1n) is 9.62. The number of hydrogen-bond acceptors (Lipinski definition) is 6. The molecule has 0 atom stereocenters. The Morgan fingerprint density at radius 1 is 0.968 bits per heavy atom. The van der Waals surface area contributed by atoms with E-state index >= 15 is 0 Å². The van der Waals surface area contributed by atoms with Crippen molar-refractivity contribution in [1.82, 2.24) is 10.7 Å². The third-order valence-electron chi connectivity index (χ3n) is 4.15. The first-order chi connectivity index (χ1) is 15.1. The van der Waals surface area contributed by atoms with Gasteiger partial charge in [0.25, 0.3) is 11.8 Å². The zero-order valence-corrected chi connectivity index (χ0v) is 17.0. The van der Waals surface area contributed by atoms with Crippen LogP contribution in [0.3, 0.4) is 0 Å². The number of ether oxygens (including phenoxy) is 2. The normalized spacial score (nSPS) is 10.6. The number of furan rings is 1. The molecule has 0 saturated heterocycles. The van der Waals surface area contributed by atoms with E-state index in [0.29, 0.717) is 23.8 Å². The number of aryl methyl sites for hydroxylation is 1. The number of para-hydroxylation sites is 1. The minimum atomic E-state index is -0.361. The number of nitrogens with zero attached hydrogens (tertiary/aromatic N) is 1. The Balaban J connectivity index is 1.36. The maximum atomic E-state index is 11.8. The highest BCUT2D eigenvalue weighted by molar-refractivity contribution is 5.83. The molecule has 0 aliphatic carbocycles. The number of hydrogen-bond donors (Lipinski definition) is 2. The summed E-state index contributed by atoms with van der Waals surface area (Å²) in [6.45, 7) is 1.99. The van der Waals surface area contributed by atoms with Crippen LogP contribution in [0.4, 0.5) is 0 Å². The lowest BCUT2D eigenvalue weighted by atomic mass is 10.2.